The summed E-state index contributed by atoms with van der Waals surface area (Å²) in [6.07, 6.45) is 0. The molecule has 0 heterocycles. The van der Waals surface area contributed by atoms with Crippen molar-refractivity contribution in [3.63, 3.8) is 0 Å². The Morgan fingerprint density at radius 1 is 1.19 bits per heavy atom. The van der Waals surface area contributed by atoms with Crippen LogP contribution in [0.25, 0.3) is 0 Å². The Bertz CT molecular complexity index is 684. The van der Waals surface area contributed by atoms with Crippen LogP contribution in [0.15, 0.2) is 42.5 Å². The molecule has 4 heteroatoms. The molecular weight excluding hydrogens is 262 g/mol. The minimum atomic E-state index is -0.0884. The molecule has 21 heavy (non-hydrogen) atoms. The van der Waals surface area contributed by atoms with Gasteiger partial charge in [-0.2, -0.15) is 5.26 Å². The quantitative estimate of drug-likeness (QED) is 0.904. The maximum absolute atomic E-state index is 11.8. The highest BCUT2D eigenvalue weighted by Gasteiger charge is 2.09. The van der Waals surface area contributed by atoms with E-state index in [0.29, 0.717) is 17.7 Å². The van der Waals surface area contributed by atoms with Gasteiger partial charge in [-0.1, -0.05) is 18.2 Å². The van der Waals surface area contributed by atoms with Crippen molar-refractivity contribution in [2.24, 2.45) is 0 Å². The van der Waals surface area contributed by atoms with Gasteiger partial charge in [-0.15, -0.1) is 0 Å². The molecule has 2 N–H and O–H groups in total. The molecule has 4 nitrogen and oxygen atoms in total. The molecule has 0 saturated heterocycles. The zero-order valence-electron chi connectivity index (χ0n) is 12.1. The molecule has 0 atom stereocenters. The monoisotopic (exact) mass is 279 g/mol. The molecule has 0 unspecified atom stereocenters. The lowest BCUT2D eigenvalue weighted by molar-refractivity contribution is 0.0962. The van der Waals surface area contributed by atoms with Crippen LogP contribution in [0.2, 0.25) is 0 Å². The maximum Gasteiger partial charge on any atom is 0.251 e. The van der Waals surface area contributed by atoms with Gasteiger partial charge in [-0.05, 0) is 42.3 Å². The predicted octanol–water partition coefficient (Wildman–Crippen LogP) is 2.84. The van der Waals surface area contributed by atoms with Crippen LogP contribution in [-0.4, -0.2) is 13.0 Å². The van der Waals surface area contributed by atoms with E-state index in [1.807, 2.05) is 31.2 Å². The van der Waals surface area contributed by atoms with E-state index < -0.39 is 0 Å². The summed E-state index contributed by atoms with van der Waals surface area (Å²) in [4.78, 5) is 11.8. The maximum atomic E-state index is 11.8. The largest absolute Gasteiger partial charge is 0.381 e. The van der Waals surface area contributed by atoms with E-state index in [9.17, 15) is 4.79 Å². The summed E-state index contributed by atoms with van der Waals surface area (Å²) in [7, 11) is 1.62. The highest BCUT2D eigenvalue weighted by molar-refractivity contribution is 5.96. The van der Waals surface area contributed by atoms with E-state index in [0.717, 1.165) is 16.8 Å². The van der Waals surface area contributed by atoms with E-state index in [-0.39, 0.29) is 5.91 Å². The summed E-state index contributed by atoms with van der Waals surface area (Å²) >= 11 is 0. The van der Waals surface area contributed by atoms with Gasteiger partial charge in [0.15, 0.2) is 0 Å². The molecule has 2 aromatic rings. The fraction of sp³-hybridized carbons (Fsp3) is 0.176. The van der Waals surface area contributed by atoms with E-state index in [1.54, 1.807) is 25.2 Å². The zero-order valence-corrected chi connectivity index (χ0v) is 12.1. The Morgan fingerprint density at radius 2 is 1.90 bits per heavy atom. The van der Waals surface area contributed by atoms with Crippen LogP contribution in [0.5, 0.6) is 0 Å². The van der Waals surface area contributed by atoms with Crippen LogP contribution in [0.4, 0.5) is 5.69 Å². The molecule has 106 valence electrons. The lowest BCUT2D eigenvalue weighted by Gasteiger charge is -2.12. The van der Waals surface area contributed by atoms with Gasteiger partial charge in [0.2, 0.25) is 0 Å². The smallest absolute Gasteiger partial charge is 0.251 e. The van der Waals surface area contributed by atoms with Gasteiger partial charge in [-0.3, -0.25) is 4.79 Å². The topological polar surface area (TPSA) is 64.9 Å². The first kappa shape index (κ1) is 14.6. The Balaban J connectivity index is 2.13. The Hall–Kier alpha value is -2.80. The van der Waals surface area contributed by atoms with Crippen LogP contribution in [0.3, 0.4) is 0 Å². The lowest BCUT2D eigenvalue weighted by atomic mass is 10.1. The van der Waals surface area contributed by atoms with Gasteiger partial charge in [0.05, 0.1) is 11.6 Å². The van der Waals surface area contributed by atoms with Gasteiger partial charge in [0, 0.05) is 24.8 Å². The van der Waals surface area contributed by atoms with Gasteiger partial charge in [-0.25, -0.2) is 0 Å². The highest BCUT2D eigenvalue weighted by atomic mass is 16.1. The average Bonchev–Trinajstić information content (AvgIpc) is 2.53. The Labute approximate surface area is 124 Å². The van der Waals surface area contributed by atoms with Crippen molar-refractivity contribution in [3.8, 4) is 6.07 Å². The number of nitrogens with one attached hydrogen (secondary N) is 2. The van der Waals surface area contributed by atoms with E-state index in [1.165, 1.54) is 0 Å². The second kappa shape index (κ2) is 6.58. The molecule has 0 saturated carbocycles. The summed E-state index contributed by atoms with van der Waals surface area (Å²) in [5, 5.41) is 14.7. The van der Waals surface area contributed by atoms with Gasteiger partial charge in [0.1, 0.15) is 0 Å². The minimum Gasteiger partial charge on any atom is -0.381 e. The molecule has 0 bridgehead atoms. The SMILES string of the molecule is CNC(=O)c1cccc(NCc2ccc(C#N)cc2)c1C. The summed E-state index contributed by atoms with van der Waals surface area (Å²) in [6, 6.07) is 15.1. The van der Waals surface area contributed by atoms with Crippen LogP contribution in [-0.2, 0) is 6.54 Å². The molecule has 0 aliphatic carbocycles. The van der Waals surface area contributed by atoms with E-state index in [2.05, 4.69) is 16.7 Å². The molecule has 1 amide bonds. The van der Waals surface area contributed by atoms with E-state index >= 15 is 0 Å². The lowest BCUT2D eigenvalue weighted by Crippen LogP contribution is -2.19. The molecule has 0 spiro atoms. The second-order valence-corrected chi connectivity index (χ2v) is 4.72. The standard InChI is InChI=1S/C17H17N3O/c1-12-15(17(21)19-2)4-3-5-16(12)20-11-14-8-6-13(10-18)7-9-14/h3-9,20H,11H2,1-2H3,(H,19,21). The molecule has 0 aromatic heterocycles. The number of benzene rings is 2. The normalized spacial score (nSPS) is 9.76. The number of nitrogens with zero attached hydrogens (tertiary/aromatic N) is 1. The number of amides is 1. The van der Waals surface area contributed by atoms with Crippen molar-refractivity contribution in [2.75, 3.05) is 12.4 Å². The molecule has 2 rings (SSSR count). The number of nitriles is 1. The van der Waals surface area contributed by atoms with Crippen LogP contribution >= 0.6 is 0 Å². The minimum absolute atomic E-state index is 0.0884. The van der Waals surface area contributed by atoms with Crippen LogP contribution in [0.1, 0.15) is 27.0 Å². The first-order chi connectivity index (χ1) is 10.2. The van der Waals surface area contributed by atoms with Crippen molar-refractivity contribution in [2.45, 2.75) is 13.5 Å². The molecule has 2 aromatic carbocycles. The van der Waals surface area contributed by atoms with Crippen molar-refractivity contribution >= 4 is 11.6 Å². The highest BCUT2D eigenvalue weighted by Crippen LogP contribution is 2.19. The van der Waals surface area contributed by atoms with Crippen molar-refractivity contribution in [1.82, 2.24) is 5.32 Å². The number of carbonyl (C=O) groups is 1. The summed E-state index contributed by atoms with van der Waals surface area (Å²) in [6.45, 7) is 2.56. The first-order valence-corrected chi connectivity index (χ1v) is 6.70. The van der Waals surface area contributed by atoms with E-state index in [4.69, 9.17) is 5.26 Å². The third-order valence-electron chi connectivity index (χ3n) is 3.37. The van der Waals surface area contributed by atoms with Crippen molar-refractivity contribution in [1.29, 1.82) is 5.26 Å². The average molecular weight is 279 g/mol. The predicted molar refractivity (Wildman–Crippen MR) is 83.1 cm³/mol. The number of hydrogen-bond donors (Lipinski definition) is 2. The second-order valence-electron chi connectivity index (χ2n) is 4.72. The number of hydrogen-bond acceptors (Lipinski definition) is 3. The molecule has 0 aliphatic heterocycles. The van der Waals surface area contributed by atoms with Crippen molar-refractivity contribution < 1.29 is 4.79 Å². The molecular formula is C17H17N3O. The molecule has 0 radical (unpaired) electrons. The Kier molecular flexibility index (Phi) is 4.57. The fourth-order valence-electron chi connectivity index (χ4n) is 2.10. The molecule has 0 fully saturated rings. The number of rotatable bonds is 4. The fourth-order valence-corrected chi connectivity index (χ4v) is 2.10. The first-order valence-electron chi connectivity index (χ1n) is 6.70. The third kappa shape index (κ3) is 3.40. The molecule has 0 aliphatic rings. The zero-order chi connectivity index (χ0) is 15.2. The summed E-state index contributed by atoms with van der Waals surface area (Å²) in [5.41, 5.74) is 4.25. The van der Waals surface area contributed by atoms with Crippen molar-refractivity contribution in [3.05, 3.63) is 64.7 Å². The van der Waals surface area contributed by atoms with Crippen LogP contribution < -0.4 is 10.6 Å². The van der Waals surface area contributed by atoms with Gasteiger partial charge >= 0.3 is 0 Å². The number of carbonyl (C=O) groups excluding carboxylic acids is 1. The Morgan fingerprint density at radius 3 is 2.52 bits per heavy atom. The number of anilines is 1. The van der Waals surface area contributed by atoms with Gasteiger partial charge < -0.3 is 10.6 Å². The third-order valence-corrected chi connectivity index (χ3v) is 3.37. The summed E-state index contributed by atoms with van der Waals surface area (Å²) in [5.74, 6) is -0.0884. The van der Waals surface area contributed by atoms with Gasteiger partial charge in [0.25, 0.3) is 5.91 Å². The van der Waals surface area contributed by atoms with Crippen LogP contribution in [0, 0.1) is 18.3 Å². The summed E-state index contributed by atoms with van der Waals surface area (Å²) < 4.78 is 0.